The van der Waals surface area contributed by atoms with E-state index in [0.29, 0.717) is 24.3 Å². The average molecular weight is 485 g/mol. The van der Waals surface area contributed by atoms with E-state index in [1.165, 1.54) is 5.01 Å². The van der Waals surface area contributed by atoms with Crippen molar-refractivity contribution in [3.8, 4) is 11.5 Å². The monoisotopic (exact) mass is 484 g/mol. The fourth-order valence-electron chi connectivity index (χ4n) is 3.57. The molecule has 0 aliphatic carbocycles. The van der Waals surface area contributed by atoms with Crippen LogP contribution in [0.3, 0.4) is 0 Å². The number of carbonyl (C=O) groups is 2. The molecule has 3 heterocycles. The topological polar surface area (TPSA) is 77.4 Å². The Morgan fingerprint density at radius 2 is 1.79 bits per heavy atom. The fraction of sp³-hybridized carbons (Fsp3) is 0.292. The number of esters is 1. The molecule has 9 heteroatoms. The van der Waals surface area contributed by atoms with Gasteiger partial charge in [0.1, 0.15) is 11.5 Å². The number of thiophene rings is 2. The molecule has 0 fully saturated rings. The first kappa shape index (κ1) is 23.0. The maximum absolute atomic E-state index is 12.9. The number of amides is 1. The highest BCUT2D eigenvalue weighted by Gasteiger charge is 2.34. The van der Waals surface area contributed by atoms with Gasteiger partial charge in [-0.15, -0.1) is 22.7 Å². The molecule has 1 unspecified atom stereocenters. The summed E-state index contributed by atoms with van der Waals surface area (Å²) >= 11 is 3.18. The molecular formula is C24H24N2O5S2. The van der Waals surface area contributed by atoms with Gasteiger partial charge in [0.2, 0.25) is 0 Å². The van der Waals surface area contributed by atoms with E-state index >= 15 is 0 Å². The predicted octanol–water partition coefficient (Wildman–Crippen LogP) is 4.68. The first-order valence-corrected chi connectivity index (χ1v) is 12.2. The molecule has 33 heavy (non-hydrogen) atoms. The van der Waals surface area contributed by atoms with Crippen molar-refractivity contribution in [2.75, 3.05) is 20.8 Å². The Bertz CT molecular complexity index is 1100. The summed E-state index contributed by atoms with van der Waals surface area (Å²) in [5.41, 5.74) is 1.76. The lowest BCUT2D eigenvalue weighted by molar-refractivity contribution is -0.152. The Hall–Kier alpha value is -3.17. The van der Waals surface area contributed by atoms with Crippen molar-refractivity contribution in [2.24, 2.45) is 5.10 Å². The van der Waals surface area contributed by atoms with E-state index in [1.807, 2.05) is 47.2 Å². The zero-order valence-corrected chi connectivity index (χ0v) is 20.0. The summed E-state index contributed by atoms with van der Waals surface area (Å²) in [6.07, 6.45) is 1.23. The predicted molar refractivity (Wildman–Crippen MR) is 128 cm³/mol. The zero-order chi connectivity index (χ0) is 23.2. The maximum atomic E-state index is 12.9. The minimum atomic E-state index is -0.445. The van der Waals surface area contributed by atoms with Gasteiger partial charge in [-0.2, -0.15) is 5.10 Å². The van der Waals surface area contributed by atoms with Gasteiger partial charge >= 0.3 is 5.97 Å². The highest BCUT2D eigenvalue weighted by atomic mass is 32.1. The van der Waals surface area contributed by atoms with Crippen molar-refractivity contribution < 1.29 is 23.8 Å². The highest BCUT2D eigenvalue weighted by Crippen LogP contribution is 2.36. The third kappa shape index (κ3) is 5.61. The fourth-order valence-corrected chi connectivity index (χ4v) is 5.10. The molecule has 0 N–H and O–H groups in total. The van der Waals surface area contributed by atoms with E-state index < -0.39 is 5.97 Å². The summed E-state index contributed by atoms with van der Waals surface area (Å²) in [5, 5.41) is 10.0. The third-order valence-electron chi connectivity index (χ3n) is 5.23. The Morgan fingerprint density at radius 3 is 2.42 bits per heavy atom. The number of benzene rings is 1. The van der Waals surface area contributed by atoms with Gasteiger partial charge in [-0.25, -0.2) is 5.01 Å². The van der Waals surface area contributed by atoms with Crippen molar-refractivity contribution in [3.05, 3.63) is 68.5 Å². The average Bonchev–Trinajstić information content (AvgIpc) is 3.61. The summed E-state index contributed by atoms with van der Waals surface area (Å²) < 4.78 is 15.8. The number of hydrazone groups is 1. The number of hydrogen-bond acceptors (Lipinski definition) is 8. The standard InChI is InChI=1S/C24H24N2O5S2/c1-29-17-11-16(12-18(13-17)30-2)7-8-24(28)31-15-23(27)26-20(22-6-4-10-33-22)14-19(25-26)21-5-3-9-32-21/h3-6,9-13,20H,7-8,14-15H2,1-2H3. The summed E-state index contributed by atoms with van der Waals surface area (Å²) in [6.45, 7) is -0.344. The second-order valence-electron chi connectivity index (χ2n) is 7.38. The van der Waals surface area contributed by atoms with Crippen molar-refractivity contribution in [2.45, 2.75) is 25.3 Å². The van der Waals surface area contributed by atoms with Crippen molar-refractivity contribution >= 4 is 40.3 Å². The molecule has 2 aromatic heterocycles. The van der Waals surface area contributed by atoms with E-state index in [9.17, 15) is 9.59 Å². The molecule has 4 rings (SSSR count). The van der Waals surface area contributed by atoms with Crippen LogP contribution in [-0.4, -0.2) is 43.4 Å². The molecule has 0 radical (unpaired) electrons. The van der Waals surface area contributed by atoms with Crippen LogP contribution in [0.15, 0.2) is 58.3 Å². The van der Waals surface area contributed by atoms with E-state index in [1.54, 1.807) is 43.0 Å². The van der Waals surface area contributed by atoms with Crippen LogP contribution in [0, 0.1) is 0 Å². The summed E-state index contributed by atoms with van der Waals surface area (Å²) in [4.78, 5) is 27.3. The normalized spacial score (nSPS) is 15.3. The van der Waals surface area contributed by atoms with Crippen LogP contribution in [0.5, 0.6) is 11.5 Å². The van der Waals surface area contributed by atoms with Gasteiger partial charge in [-0.1, -0.05) is 12.1 Å². The maximum Gasteiger partial charge on any atom is 0.306 e. The number of carbonyl (C=O) groups excluding carboxylic acids is 2. The van der Waals surface area contributed by atoms with Gasteiger partial charge in [-0.3, -0.25) is 9.59 Å². The summed E-state index contributed by atoms with van der Waals surface area (Å²) in [7, 11) is 3.15. The van der Waals surface area contributed by atoms with E-state index in [4.69, 9.17) is 14.2 Å². The Kier molecular flexibility index (Phi) is 7.41. The number of rotatable bonds is 9. The van der Waals surface area contributed by atoms with Crippen LogP contribution in [0.25, 0.3) is 0 Å². The molecule has 1 amide bonds. The Labute approximate surface area is 200 Å². The third-order valence-corrected chi connectivity index (χ3v) is 7.12. The molecular weight excluding hydrogens is 460 g/mol. The molecule has 1 aromatic carbocycles. The van der Waals surface area contributed by atoms with Crippen molar-refractivity contribution in [1.82, 2.24) is 5.01 Å². The molecule has 1 atom stereocenters. The molecule has 0 saturated heterocycles. The van der Waals surface area contributed by atoms with Crippen LogP contribution in [-0.2, 0) is 20.7 Å². The number of aryl methyl sites for hydroxylation is 1. The Balaban J connectivity index is 1.36. The quantitative estimate of drug-likeness (QED) is 0.412. The molecule has 7 nitrogen and oxygen atoms in total. The number of nitrogens with zero attached hydrogens (tertiary/aromatic N) is 2. The largest absolute Gasteiger partial charge is 0.497 e. The lowest BCUT2D eigenvalue weighted by Crippen LogP contribution is -2.31. The lowest BCUT2D eigenvalue weighted by atomic mass is 10.1. The first-order chi connectivity index (χ1) is 16.1. The van der Waals surface area contributed by atoms with Gasteiger partial charge in [0.25, 0.3) is 5.91 Å². The van der Waals surface area contributed by atoms with Crippen LogP contribution in [0.4, 0.5) is 0 Å². The second-order valence-corrected chi connectivity index (χ2v) is 9.31. The van der Waals surface area contributed by atoms with E-state index in [2.05, 4.69) is 5.10 Å². The molecule has 0 saturated carbocycles. The lowest BCUT2D eigenvalue weighted by Gasteiger charge is -2.20. The molecule has 172 valence electrons. The number of methoxy groups -OCH3 is 2. The minimum Gasteiger partial charge on any atom is -0.497 e. The Morgan fingerprint density at radius 1 is 1.06 bits per heavy atom. The minimum absolute atomic E-state index is 0.141. The molecule has 0 spiro atoms. The molecule has 3 aromatic rings. The van der Waals surface area contributed by atoms with Crippen LogP contribution in [0.1, 0.15) is 34.2 Å². The van der Waals surface area contributed by atoms with E-state index in [0.717, 1.165) is 21.0 Å². The second kappa shape index (κ2) is 10.6. The van der Waals surface area contributed by atoms with Crippen LogP contribution in [0.2, 0.25) is 0 Å². The number of hydrogen-bond donors (Lipinski definition) is 0. The van der Waals surface area contributed by atoms with Crippen molar-refractivity contribution in [1.29, 1.82) is 0 Å². The van der Waals surface area contributed by atoms with Crippen LogP contribution >= 0.6 is 22.7 Å². The van der Waals surface area contributed by atoms with Gasteiger partial charge in [0.15, 0.2) is 6.61 Å². The number of ether oxygens (including phenoxy) is 3. The molecule has 1 aliphatic rings. The summed E-state index contributed by atoms with van der Waals surface area (Å²) in [5.74, 6) is 0.526. The smallest absolute Gasteiger partial charge is 0.306 e. The zero-order valence-electron chi connectivity index (χ0n) is 18.4. The van der Waals surface area contributed by atoms with Gasteiger partial charge in [0.05, 0.1) is 30.9 Å². The SMILES string of the molecule is COc1cc(CCC(=O)OCC(=O)N2N=C(c3cccs3)CC2c2cccs2)cc(OC)c1. The van der Waals surface area contributed by atoms with Gasteiger partial charge in [0, 0.05) is 23.8 Å². The molecule has 1 aliphatic heterocycles. The van der Waals surface area contributed by atoms with Gasteiger partial charge < -0.3 is 14.2 Å². The summed E-state index contributed by atoms with van der Waals surface area (Å²) in [6, 6.07) is 13.2. The van der Waals surface area contributed by atoms with Gasteiger partial charge in [-0.05, 0) is 47.0 Å². The first-order valence-electron chi connectivity index (χ1n) is 10.4. The highest BCUT2D eigenvalue weighted by molar-refractivity contribution is 7.12. The van der Waals surface area contributed by atoms with E-state index in [-0.39, 0.29) is 25.0 Å². The van der Waals surface area contributed by atoms with Crippen LogP contribution < -0.4 is 9.47 Å². The van der Waals surface area contributed by atoms with Crippen molar-refractivity contribution in [3.63, 3.8) is 0 Å². The molecule has 0 bridgehead atoms.